The number of nitrogens with two attached hydrogens (primary N) is 1. The van der Waals surface area contributed by atoms with Crippen molar-refractivity contribution in [1.29, 1.82) is 0 Å². The fourth-order valence-corrected chi connectivity index (χ4v) is 1.59. The Bertz CT molecular complexity index is 544. The van der Waals surface area contributed by atoms with E-state index in [0.29, 0.717) is 6.54 Å². The summed E-state index contributed by atoms with van der Waals surface area (Å²) < 4.78 is 0. The number of benzene rings is 1. The molecule has 0 bridgehead atoms. The molecule has 0 aliphatic carbocycles. The molecule has 1 atom stereocenters. The smallest absolute Gasteiger partial charge is 0.292 e. The van der Waals surface area contributed by atoms with E-state index >= 15 is 0 Å². The van der Waals surface area contributed by atoms with Crippen LogP contribution in [0.3, 0.4) is 0 Å². The van der Waals surface area contributed by atoms with Gasteiger partial charge in [-0.15, -0.1) is 0 Å². The molecule has 1 unspecified atom stereocenters. The number of nitrogens with one attached hydrogen (secondary N) is 2. The van der Waals surface area contributed by atoms with Crippen LogP contribution in [0.5, 0.6) is 0 Å². The average molecular weight is 280 g/mol. The highest BCUT2D eigenvalue weighted by atomic mass is 16.6. The van der Waals surface area contributed by atoms with E-state index in [9.17, 15) is 19.7 Å². The van der Waals surface area contributed by atoms with Crippen molar-refractivity contribution in [3.8, 4) is 0 Å². The lowest BCUT2D eigenvalue weighted by Gasteiger charge is -2.15. The molecular weight excluding hydrogens is 264 g/mol. The number of primary amides is 1. The fraction of sp³-hybridized carbons (Fsp3) is 0.333. The molecule has 0 heterocycles. The summed E-state index contributed by atoms with van der Waals surface area (Å²) in [6.07, 6.45) is 0. The monoisotopic (exact) mass is 280 g/mol. The summed E-state index contributed by atoms with van der Waals surface area (Å²) >= 11 is 0. The number of amides is 2. The van der Waals surface area contributed by atoms with Gasteiger partial charge in [-0.25, -0.2) is 0 Å². The van der Waals surface area contributed by atoms with Gasteiger partial charge in [-0.05, 0) is 26.0 Å². The maximum Gasteiger partial charge on any atom is 0.292 e. The van der Waals surface area contributed by atoms with Crippen LogP contribution >= 0.6 is 0 Å². The Morgan fingerprint density at radius 1 is 1.45 bits per heavy atom. The predicted octanol–water partition coefficient (Wildman–Crippen LogP) is 0.630. The number of rotatable bonds is 6. The van der Waals surface area contributed by atoms with Gasteiger partial charge < -0.3 is 16.4 Å². The molecule has 108 valence electrons. The fourth-order valence-electron chi connectivity index (χ4n) is 1.59. The maximum absolute atomic E-state index is 11.6. The first-order valence-corrected chi connectivity index (χ1v) is 5.99. The Morgan fingerprint density at radius 3 is 2.60 bits per heavy atom. The summed E-state index contributed by atoms with van der Waals surface area (Å²) in [4.78, 5) is 33.0. The molecule has 0 aliphatic heterocycles. The minimum atomic E-state index is -0.700. The quantitative estimate of drug-likeness (QED) is 0.520. The number of carbonyl (C=O) groups is 2. The van der Waals surface area contributed by atoms with Gasteiger partial charge in [0.05, 0.1) is 4.92 Å². The van der Waals surface area contributed by atoms with Crippen molar-refractivity contribution in [2.45, 2.75) is 19.9 Å². The van der Waals surface area contributed by atoms with Crippen molar-refractivity contribution in [1.82, 2.24) is 5.32 Å². The third kappa shape index (κ3) is 3.67. The molecule has 20 heavy (non-hydrogen) atoms. The van der Waals surface area contributed by atoms with Crippen molar-refractivity contribution in [2.75, 3.05) is 11.9 Å². The van der Waals surface area contributed by atoms with Crippen molar-refractivity contribution in [3.63, 3.8) is 0 Å². The van der Waals surface area contributed by atoms with E-state index in [1.807, 2.05) is 0 Å². The van der Waals surface area contributed by atoms with E-state index in [1.54, 1.807) is 13.8 Å². The van der Waals surface area contributed by atoms with Gasteiger partial charge in [0.1, 0.15) is 11.7 Å². The summed E-state index contributed by atoms with van der Waals surface area (Å²) in [6.45, 7) is 3.78. The number of nitro groups is 1. The zero-order valence-electron chi connectivity index (χ0n) is 11.2. The van der Waals surface area contributed by atoms with Crippen LogP contribution in [-0.4, -0.2) is 29.3 Å². The van der Waals surface area contributed by atoms with Crippen LogP contribution < -0.4 is 16.4 Å². The molecule has 8 heteroatoms. The molecule has 2 amide bonds. The van der Waals surface area contributed by atoms with Gasteiger partial charge in [0, 0.05) is 18.2 Å². The second kappa shape index (κ2) is 6.50. The topological polar surface area (TPSA) is 127 Å². The van der Waals surface area contributed by atoms with Crippen molar-refractivity contribution in [2.24, 2.45) is 5.73 Å². The minimum Gasteiger partial charge on any atom is -0.368 e. The summed E-state index contributed by atoms with van der Waals surface area (Å²) in [7, 11) is 0. The van der Waals surface area contributed by atoms with Crippen LogP contribution in [0.25, 0.3) is 0 Å². The van der Waals surface area contributed by atoms with Gasteiger partial charge in [0.2, 0.25) is 11.8 Å². The normalized spacial score (nSPS) is 11.5. The van der Waals surface area contributed by atoms with Crippen LogP contribution in [0, 0.1) is 10.1 Å². The highest BCUT2D eigenvalue weighted by Gasteiger charge is 2.20. The van der Waals surface area contributed by atoms with Gasteiger partial charge in [-0.2, -0.15) is 0 Å². The number of nitrogens with zero attached hydrogens (tertiary/aromatic N) is 1. The second-order valence-electron chi connectivity index (χ2n) is 4.11. The highest BCUT2D eigenvalue weighted by Crippen LogP contribution is 2.26. The van der Waals surface area contributed by atoms with Gasteiger partial charge >= 0.3 is 0 Å². The molecule has 4 N–H and O–H groups in total. The Morgan fingerprint density at radius 2 is 2.10 bits per heavy atom. The largest absolute Gasteiger partial charge is 0.368 e. The number of carbonyl (C=O) groups excluding carboxylic acids is 2. The molecular formula is C12H16N4O4. The second-order valence-corrected chi connectivity index (χ2v) is 4.11. The molecule has 1 rings (SSSR count). The van der Waals surface area contributed by atoms with E-state index in [4.69, 9.17) is 5.73 Å². The van der Waals surface area contributed by atoms with Crippen LogP contribution in [-0.2, 0) is 4.79 Å². The maximum atomic E-state index is 11.6. The first-order valence-electron chi connectivity index (χ1n) is 5.99. The lowest BCUT2D eigenvalue weighted by Crippen LogP contribution is -2.37. The van der Waals surface area contributed by atoms with Gasteiger partial charge in [-0.1, -0.05) is 0 Å². The molecule has 0 saturated carbocycles. The lowest BCUT2D eigenvalue weighted by molar-refractivity contribution is -0.384. The van der Waals surface area contributed by atoms with Crippen molar-refractivity contribution < 1.29 is 14.5 Å². The number of hydrogen-bond donors (Lipinski definition) is 3. The minimum absolute atomic E-state index is 0.0741. The van der Waals surface area contributed by atoms with Crippen LogP contribution in [0.2, 0.25) is 0 Å². The zero-order valence-corrected chi connectivity index (χ0v) is 11.2. The molecule has 0 fully saturated rings. The Labute approximate surface area is 115 Å². The first-order chi connectivity index (χ1) is 9.36. The Balaban J connectivity index is 3.07. The molecule has 0 saturated heterocycles. The first kappa shape index (κ1) is 15.4. The highest BCUT2D eigenvalue weighted by molar-refractivity contribution is 5.95. The van der Waals surface area contributed by atoms with E-state index in [1.165, 1.54) is 18.2 Å². The van der Waals surface area contributed by atoms with E-state index < -0.39 is 16.9 Å². The molecule has 0 spiro atoms. The van der Waals surface area contributed by atoms with Gasteiger partial charge in [-0.3, -0.25) is 19.7 Å². The van der Waals surface area contributed by atoms with Crippen molar-refractivity contribution >= 4 is 23.2 Å². The van der Waals surface area contributed by atoms with E-state index in [0.717, 1.165) is 0 Å². The van der Waals surface area contributed by atoms with Crippen LogP contribution in [0.4, 0.5) is 11.4 Å². The van der Waals surface area contributed by atoms with Crippen molar-refractivity contribution in [3.05, 3.63) is 33.9 Å². The average Bonchev–Trinajstić information content (AvgIpc) is 2.38. The summed E-state index contributed by atoms with van der Waals surface area (Å²) in [5.41, 5.74) is 5.10. The standard InChI is InChI=1S/C12H16N4O4/c1-3-14-12(18)7(2)15-9-6-8(11(13)17)4-5-10(9)16(19)20/h4-7,15H,3H2,1-2H3,(H2,13,17)(H,14,18). The summed E-state index contributed by atoms with van der Waals surface area (Å²) in [5.74, 6) is -1.00. The molecule has 8 nitrogen and oxygen atoms in total. The third-order valence-electron chi connectivity index (χ3n) is 2.59. The molecule has 0 radical (unpaired) electrons. The summed E-state index contributed by atoms with van der Waals surface area (Å²) in [6, 6.07) is 3.02. The third-order valence-corrected chi connectivity index (χ3v) is 2.59. The molecule has 0 aliphatic rings. The predicted molar refractivity (Wildman–Crippen MR) is 73.4 cm³/mol. The Kier molecular flexibility index (Phi) is 5.01. The summed E-state index contributed by atoms with van der Waals surface area (Å²) in [5, 5.41) is 16.2. The molecule has 1 aromatic carbocycles. The lowest BCUT2D eigenvalue weighted by atomic mass is 10.1. The molecule has 0 aromatic heterocycles. The number of nitro benzene ring substituents is 1. The zero-order chi connectivity index (χ0) is 15.3. The number of likely N-dealkylation sites (N-methyl/N-ethyl adjacent to an activating group) is 1. The SMILES string of the molecule is CCNC(=O)C(C)Nc1cc(C(N)=O)ccc1[N+](=O)[O-]. The van der Waals surface area contributed by atoms with Gasteiger partial charge in [0.25, 0.3) is 5.69 Å². The number of hydrogen-bond acceptors (Lipinski definition) is 5. The number of anilines is 1. The van der Waals surface area contributed by atoms with Crippen LogP contribution in [0.15, 0.2) is 18.2 Å². The van der Waals surface area contributed by atoms with Gasteiger partial charge in [0.15, 0.2) is 0 Å². The molecule has 1 aromatic rings. The van der Waals surface area contributed by atoms with E-state index in [2.05, 4.69) is 10.6 Å². The Hall–Kier alpha value is -2.64. The van der Waals surface area contributed by atoms with Crippen LogP contribution in [0.1, 0.15) is 24.2 Å². The van der Waals surface area contributed by atoms with E-state index in [-0.39, 0.29) is 22.8 Å².